The van der Waals surface area contributed by atoms with Crippen LogP contribution in [0.2, 0.25) is 0 Å². The minimum Gasteiger partial charge on any atom is -0.303 e. The highest BCUT2D eigenvalue weighted by Crippen LogP contribution is 2.23. The van der Waals surface area contributed by atoms with Crippen LogP contribution in [0.25, 0.3) is 0 Å². The zero-order valence-corrected chi connectivity index (χ0v) is 15.7. The number of piperidine rings is 1. The second-order valence-corrected chi connectivity index (χ2v) is 7.33. The number of aryl methyl sites for hydroxylation is 1. The number of aromatic nitrogens is 3. The van der Waals surface area contributed by atoms with Gasteiger partial charge in [-0.25, -0.2) is 9.48 Å². The maximum Gasteiger partial charge on any atom is 0.345 e. The Kier molecular flexibility index (Phi) is 5.74. The molecule has 136 valence electrons. The first kappa shape index (κ1) is 17.9. The molecule has 25 heavy (non-hydrogen) atoms. The Morgan fingerprint density at radius 2 is 1.88 bits per heavy atom. The first-order chi connectivity index (χ1) is 12.1. The van der Waals surface area contributed by atoms with Crippen LogP contribution < -0.4 is 5.69 Å². The number of hydrogen-bond donors (Lipinski definition) is 0. The molecule has 5 nitrogen and oxygen atoms in total. The summed E-state index contributed by atoms with van der Waals surface area (Å²) < 4.78 is 3.28. The van der Waals surface area contributed by atoms with Gasteiger partial charge in [0.2, 0.25) is 0 Å². The third kappa shape index (κ3) is 4.21. The fraction of sp³-hybridized carbons (Fsp3) is 0.600. The van der Waals surface area contributed by atoms with Gasteiger partial charge in [0.15, 0.2) is 0 Å². The van der Waals surface area contributed by atoms with Crippen molar-refractivity contribution in [2.75, 3.05) is 19.6 Å². The number of benzene rings is 1. The summed E-state index contributed by atoms with van der Waals surface area (Å²) in [6, 6.07) is 10.8. The average molecular weight is 342 g/mol. The van der Waals surface area contributed by atoms with E-state index in [9.17, 15) is 4.79 Å². The highest BCUT2D eigenvalue weighted by molar-refractivity contribution is 5.19. The van der Waals surface area contributed by atoms with Gasteiger partial charge in [-0.15, -0.1) is 0 Å². The molecular formula is C20H30N4O. The van der Waals surface area contributed by atoms with Gasteiger partial charge < -0.3 is 4.90 Å². The molecule has 0 amide bonds. The predicted molar refractivity (Wildman–Crippen MR) is 101 cm³/mol. The van der Waals surface area contributed by atoms with Crippen LogP contribution in [0.3, 0.4) is 0 Å². The van der Waals surface area contributed by atoms with Gasteiger partial charge in [-0.3, -0.25) is 4.57 Å². The van der Waals surface area contributed by atoms with Crippen molar-refractivity contribution in [3.63, 3.8) is 0 Å². The molecule has 0 spiro atoms. The van der Waals surface area contributed by atoms with E-state index in [4.69, 9.17) is 0 Å². The molecule has 1 aromatic carbocycles. The number of likely N-dealkylation sites (tertiary alicyclic amines) is 1. The van der Waals surface area contributed by atoms with Crippen molar-refractivity contribution in [2.24, 2.45) is 13.0 Å². The van der Waals surface area contributed by atoms with Crippen molar-refractivity contribution >= 4 is 0 Å². The normalized spacial score (nSPS) is 17.7. The van der Waals surface area contributed by atoms with E-state index < -0.39 is 0 Å². The summed E-state index contributed by atoms with van der Waals surface area (Å²) in [5, 5.41) is 4.44. The van der Waals surface area contributed by atoms with E-state index in [0.29, 0.717) is 18.4 Å². The predicted octanol–water partition coefficient (Wildman–Crippen LogP) is 2.66. The van der Waals surface area contributed by atoms with E-state index >= 15 is 0 Å². The molecule has 2 aromatic rings. The lowest BCUT2D eigenvalue weighted by molar-refractivity contribution is 0.175. The molecule has 1 atom stereocenters. The first-order valence-electron chi connectivity index (χ1n) is 9.48. The third-order valence-electron chi connectivity index (χ3n) is 5.48. The molecule has 0 aliphatic carbocycles. The molecule has 1 aliphatic heterocycles. The van der Waals surface area contributed by atoms with Crippen LogP contribution >= 0.6 is 0 Å². The van der Waals surface area contributed by atoms with Crippen LogP contribution in [0.4, 0.5) is 0 Å². The fourth-order valence-corrected chi connectivity index (χ4v) is 3.93. The van der Waals surface area contributed by atoms with Crippen molar-refractivity contribution in [3.05, 3.63) is 52.2 Å². The van der Waals surface area contributed by atoms with E-state index in [1.165, 1.54) is 23.1 Å². The minimum absolute atomic E-state index is 0.00613. The Hall–Kier alpha value is -1.88. The van der Waals surface area contributed by atoms with Gasteiger partial charge in [0.25, 0.3) is 0 Å². The van der Waals surface area contributed by atoms with Crippen molar-refractivity contribution < 1.29 is 0 Å². The summed E-state index contributed by atoms with van der Waals surface area (Å²) in [6.07, 6.45) is 3.30. The van der Waals surface area contributed by atoms with Gasteiger partial charge in [0.1, 0.15) is 5.82 Å². The number of hydrogen-bond acceptors (Lipinski definition) is 3. The quantitative estimate of drug-likeness (QED) is 0.810. The maximum absolute atomic E-state index is 12.0. The van der Waals surface area contributed by atoms with Crippen molar-refractivity contribution in [1.29, 1.82) is 0 Å². The zero-order chi connectivity index (χ0) is 17.8. The zero-order valence-electron chi connectivity index (χ0n) is 15.7. The fourth-order valence-electron chi connectivity index (χ4n) is 3.93. The van der Waals surface area contributed by atoms with Crippen LogP contribution in [-0.4, -0.2) is 38.9 Å². The van der Waals surface area contributed by atoms with E-state index in [0.717, 1.165) is 31.9 Å². The lowest BCUT2D eigenvalue weighted by Crippen LogP contribution is -2.37. The Labute approximate surface area is 150 Å². The highest BCUT2D eigenvalue weighted by Gasteiger charge is 2.23. The Bertz CT molecular complexity index is 726. The van der Waals surface area contributed by atoms with Crippen molar-refractivity contribution in [1.82, 2.24) is 19.2 Å². The van der Waals surface area contributed by atoms with E-state index in [-0.39, 0.29) is 5.69 Å². The van der Waals surface area contributed by atoms with Crippen molar-refractivity contribution in [3.8, 4) is 0 Å². The molecule has 0 saturated carbocycles. The SMILES string of the molecule is CCn1c(CC2CCN(C[C@H](C)c3ccccc3)CC2)nn(C)c1=O. The Morgan fingerprint density at radius 3 is 2.52 bits per heavy atom. The standard InChI is InChI=1S/C20H30N4O/c1-4-24-19(21-22(3)20(24)25)14-17-10-12-23(13-11-17)15-16(2)18-8-6-5-7-9-18/h5-9,16-17H,4,10-15H2,1-3H3/t16-/m0/s1. The highest BCUT2D eigenvalue weighted by atomic mass is 16.2. The van der Waals surface area contributed by atoms with Gasteiger partial charge in [-0.05, 0) is 50.3 Å². The summed E-state index contributed by atoms with van der Waals surface area (Å²) in [6.45, 7) is 8.45. The summed E-state index contributed by atoms with van der Waals surface area (Å²) in [4.78, 5) is 14.6. The molecular weight excluding hydrogens is 312 g/mol. The average Bonchev–Trinajstić information content (AvgIpc) is 2.90. The molecule has 1 fully saturated rings. The van der Waals surface area contributed by atoms with Crippen LogP contribution in [-0.2, 0) is 20.0 Å². The first-order valence-corrected chi connectivity index (χ1v) is 9.48. The molecule has 0 N–H and O–H groups in total. The Balaban J connectivity index is 1.52. The smallest absolute Gasteiger partial charge is 0.303 e. The summed E-state index contributed by atoms with van der Waals surface area (Å²) >= 11 is 0. The lowest BCUT2D eigenvalue weighted by Gasteiger charge is -2.33. The summed E-state index contributed by atoms with van der Waals surface area (Å²) in [5.41, 5.74) is 1.43. The van der Waals surface area contributed by atoms with Gasteiger partial charge in [0.05, 0.1) is 0 Å². The number of rotatable bonds is 6. The lowest BCUT2D eigenvalue weighted by atomic mass is 9.92. The molecule has 1 aromatic heterocycles. The summed E-state index contributed by atoms with van der Waals surface area (Å²) in [5.74, 6) is 2.15. The van der Waals surface area contributed by atoms with Crippen LogP contribution in [0.1, 0.15) is 44.0 Å². The molecule has 1 aliphatic rings. The maximum atomic E-state index is 12.0. The largest absolute Gasteiger partial charge is 0.345 e. The minimum atomic E-state index is 0.00613. The topological polar surface area (TPSA) is 43.1 Å². The van der Waals surface area contributed by atoms with Crippen molar-refractivity contribution in [2.45, 2.75) is 45.6 Å². The van der Waals surface area contributed by atoms with E-state index in [1.807, 2.05) is 11.5 Å². The number of nitrogens with zero attached hydrogens (tertiary/aromatic N) is 4. The van der Waals surface area contributed by atoms with Gasteiger partial charge in [-0.1, -0.05) is 37.3 Å². The second-order valence-electron chi connectivity index (χ2n) is 7.33. The van der Waals surface area contributed by atoms with Gasteiger partial charge in [0, 0.05) is 26.6 Å². The summed E-state index contributed by atoms with van der Waals surface area (Å²) in [7, 11) is 1.74. The van der Waals surface area contributed by atoms with Crippen LogP contribution in [0.15, 0.2) is 35.1 Å². The molecule has 0 bridgehead atoms. The monoisotopic (exact) mass is 342 g/mol. The molecule has 3 rings (SSSR count). The molecule has 2 heterocycles. The molecule has 0 radical (unpaired) electrons. The molecule has 1 saturated heterocycles. The van der Waals surface area contributed by atoms with Gasteiger partial charge >= 0.3 is 5.69 Å². The second kappa shape index (κ2) is 8.00. The van der Waals surface area contributed by atoms with E-state index in [2.05, 4.69) is 47.3 Å². The van der Waals surface area contributed by atoms with Gasteiger partial charge in [-0.2, -0.15) is 5.10 Å². The molecule has 0 unspecified atom stereocenters. The van der Waals surface area contributed by atoms with E-state index in [1.54, 1.807) is 7.05 Å². The van der Waals surface area contributed by atoms with Crippen LogP contribution in [0.5, 0.6) is 0 Å². The Morgan fingerprint density at radius 1 is 1.20 bits per heavy atom. The molecule has 5 heteroatoms. The third-order valence-corrected chi connectivity index (χ3v) is 5.48. The van der Waals surface area contributed by atoms with Crippen LogP contribution in [0, 0.1) is 5.92 Å².